The van der Waals surface area contributed by atoms with Crippen molar-refractivity contribution in [1.29, 1.82) is 0 Å². The minimum atomic E-state index is -4.37. The fourth-order valence-corrected chi connectivity index (χ4v) is 2.37. The summed E-state index contributed by atoms with van der Waals surface area (Å²) in [5.74, 6) is 5.66. The minimum Gasteiger partial charge on any atom is -0.319 e. The number of rotatable bonds is 0. The molecule has 0 aliphatic heterocycles. The van der Waals surface area contributed by atoms with Crippen LogP contribution in [0.25, 0.3) is 5.52 Å². The Balaban J connectivity index is 2.06. The molecule has 23 heavy (non-hydrogen) atoms. The second kappa shape index (κ2) is 5.47. The molecule has 1 aromatic carbocycles. The van der Waals surface area contributed by atoms with E-state index in [0.717, 1.165) is 28.9 Å². The Hall–Kier alpha value is -2.74. The van der Waals surface area contributed by atoms with Crippen LogP contribution in [0.15, 0.2) is 42.7 Å². The maximum Gasteiger partial charge on any atom is 0.416 e. The minimum absolute atomic E-state index is 0.310. The van der Waals surface area contributed by atoms with Gasteiger partial charge >= 0.3 is 6.18 Å². The molecule has 5 heteroatoms. The summed E-state index contributed by atoms with van der Waals surface area (Å²) < 4.78 is 40.1. The molecular weight excluding hydrogens is 301 g/mol. The first-order chi connectivity index (χ1) is 10.8. The summed E-state index contributed by atoms with van der Waals surface area (Å²) in [4.78, 5) is 4.38. The molecule has 2 aromatic heterocycles. The summed E-state index contributed by atoms with van der Waals surface area (Å²) in [5, 5.41) is 0. The van der Waals surface area contributed by atoms with Gasteiger partial charge < -0.3 is 4.40 Å². The molecule has 2 nitrogen and oxygen atoms in total. The van der Waals surface area contributed by atoms with Gasteiger partial charge in [-0.1, -0.05) is 12.0 Å². The molecule has 0 N–H and O–H groups in total. The largest absolute Gasteiger partial charge is 0.416 e. The Bertz CT molecular complexity index is 940. The van der Waals surface area contributed by atoms with Crippen LogP contribution in [-0.2, 0) is 6.18 Å². The van der Waals surface area contributed by atoms with Crippen molar-refractivity contribution in [3.63, 3.8) is 0 Å². The summed E-state index contributed by atoms with van der Waals surface area (Å²) in [7, 11) is 0. The van der Waals surface area contributed by atoms with Crippen LogP contribution in [0.1, 0.15) is 28.1 Å². The molecule has 2 heterocycles. The van der Waals surface area contributed by atoms with Gasteiger partial charge in [-0.25, -0.2) is 4.98 Å². The van der Waals surface area contributed by atoms with Gasteiger partial charge in [-0.15, -0.1) is 0 Å². The summed E-state index contributed by atoms with van der Waals surface area (Å²) in [6.07, 6.45) is -0.525. The third-order valence-electron chi connectivity index (χ3n) is 3.36. The van der Waals surface area contributed by atoms with Crippen molar-refractivity contribution < 1.29 is 13.2 Å². The number of fused-ring (bicyclic) bond motifs is 1. The third kappa shape index (κ3) is 3.21. The van der Waals surface area contributed by atoms with E-state index in [0.29, 0.717) is 11.3 Å². The first-order valence-corrected chi connectivity index (χ1v) is 6.98. The van der Waals surface area contributed by atoms with Gasteiger partial charge in [0.1, 0.15) is 5.69 Å². The number of aromatic nitrogens is 2. The third-order valence-corrected chi connectivity index (χ3v) is 3.36. The molecule has 0 aliphatic rings. The second-order valence-corrected chi connectivity index (χ2v) is 5.37. The van der Waals surface area contributed by atoms with E-state index in [-0.39, 0.29) is 0 Å². The maximum atomic E-state index is 12.7. The molecule has 0 aliphatic carbocycles. The van der Waals surface area contributed by atoms with Crippen LogP contribution in [-0.4, -0.2) is 9.38 Å². The SMILES string of the molecule is Cc1cc2c(C#Cc3cccc(C(F)(F)F)c3)nc(C)cn2c1. The van der Waals surface area contributed by atoms with E-state index in [4.69, 9.17) is 0 Å². The summed E-state index contributed by atoms with van der Waals surface area (Å²) >= 11 is 0. The van der Waals surface area contributed by atoms with E-state index in [2.05, 4.69) is 16.8 Å². The predicted octanol–water partition coefficient (Wildman–Crippen LogP) is 4.37. The summed E-state index contributed by atoms with van der Waals surface area (Å²) in [5.41, 5.74) is 2.86. The Morgan fingerprint density at radius 3 is 2.57 bits per heavy atom. The highest BCUT2D eigenvalue weighted by Crippen LogP contribution is 2.29. The highest BCUT2D eigenvalue weighted by Gasteiger charge is 2.30. The van der Waals surface area contributed by atoms with Crippen molar-refractivity contribution in [2.75, 3.05) is 0 Å². The summed E-state index contributed by atoms with van der Waals surface area (Å²) in [6.45, 7) is 3.82. The Kier molecular flexibility index (Phi) is 3.61. The van der Waals surface area contributed by atoms with Crippen LogP contribution in [0.2, 0.25) is 0 Å². The lowest BCUT2D eigenvalue weighted by atomic mass is 10.1. The second-order valence-electron chi connectivity index (χ2n) is 5.37. The molecule has 3 rings (SSSR count). The predicted molar refractivity (Wildman–Crippen MR) is 82.1 cm³/mol. The quantitative estimate of drug-likeness (QED) is 0.563. The Morgan fingerprint density at radius 2 is 1.83 bits per heavy atom. The van der Waals surface area contributed by atoms with E-state index in [1.54, 1.807) is 6.07 Å². The molecule has 116 valence electrons. The van der Waals surface area contributed by atoms with Crippen molar-refractivity contribution in [1.82, 2.24) is 9.38 Å². The topological polar surface area (TPSA) is 17.3 Å². The number of hydrogen-bond acceptors (Lipinski definition) is 1. The molecule has 0 amide bonds. The number of halogens is 3. The molecule has 0 radical (unpaired) electrons. The van der Waals surface area contributed by atoms with Gasteiger partial charge in [-0.2, -0.15) is 13.2 Å². The average Bonchev–Trinajstić information content (AvgIpc) is 2.84. The molecular formula is C18H13F3N2. The molecule has 0 unspecified atom stereocenters. The molecule has 3 aromatic rings. The van der Waals surface area contributed by atoms with Crippen molar-refractivity contribution in [3.05, 3.63) is 70.8 Å². The van der Waals surface area contributed by atoms with Gasteiger partial charge in [0.2, 0.25) is 0 Å². The highest BCUT2D eigenvalue weighted by molar-refractivity contribution is 5.62. The fourth-order valence-electron chi connectivity index (χ4n) is 2.37. The van der Waals surface area contributed by atoms with Gasteiger partial charge in [0.05, 0.1) is 16.8 Å². The zero-order chi connectivity index (χ0) is 16.6. The zero-order valence-electron chi connectivity index (χ0n) is 12.6. The van der Waals surface area contributed by atoms with E-state index < -0.39 is 11.7 Å². The molecule has 0 atom stereocenters. The fraction of sp³-hybridized carbons (Fsp3) is 0.167. The van der Waals surface area contributed by atoms with E-state index in [1.165, 1.54) is 6.07 Å². The van der Waals surface area contributed by atoms with Gasteiger partial charge in [0.15, 0.2) is 0 Å². The lowest BCUT2D eigenvalue weighted by Crippen LogP contribution is -2.04. The molecule has 0 saturated heterocycles. The normalized spacial score (nSPS) is 11.3. The molecule has 0 spiro atoms. The number of benzene rings is 1. The molecule has 0 fully saturated rings. The number of nitrogens with zero attached hydrogens (tertiary/aromatic N) is 2. The van der Waals surface area contributed by atoms with Crippen LogP contribution in [0.5, 0.6) is 0 Å². The molecule has 0 bridgehead atoms. The number of hydrogen-bond donors (Lipinski definition) is 0. The zero-order valence-corrected chi connectivity index (χ0v) is 12.6. The summed E-state index contributed by atoms with van der Waals surface area (Å²) in [6, 6.07) is 6.93. The average molecular weight is 314 g/mol. The van der Waals surface area contributed by atoms with Crippen molar-refractivity contribution in [2.45, 2.75) is 20.0 Å². The van der Waals surface area contributed by atoms with E-state index in [1.807, 2.05) is 36.7 Å². The van der Waals surface area contributed by atoms with Crippen LogP contribution >= 0.6 is 0 Å². The smallest absolute Gasteiger partial charge is 0.319 e. The van der Waals surface area contributed by atoms with Crippen molar-refractivity contribution in [3.8, 4) is 11.8 Å². The monoisotopic (exact) mass is 314 g/mol. The van der Waals surface area contributed by atoms with Crippen LogP contribution in [0, 0.1) is 25.7 Å². The maximum absolute atomic E-state index is 12.7. The van der Waals surface area contributed by atoms with Gasteiger partial charge in [-0.3, -0.25) is 0 Å². The highest BCUT2D eigenvalue weighted by atomic mass is 19.4. The van der Waals surface area contributed by atoms with Gasteiger partial charge in [0.25, 0.3) is 0 Å². The van der Waals surface area contributed by atoms with Crippen LogP contribution in [0.4, 0.5) is 13.2 Å². The lowest BCUT2D eigenvalue weighted by molar-refractivity contribution is -0.137. The van der Waals surface area contributed by atoms with Crippen molar-refractivity contribution in [2.24, 2.45) is 0 Å². The lowest BCUT2D eigenvalue weighted by Gasteiger charge is -2.05. The number of alkyl halides is 3. The van der Waals surface area contributed by atoms with E-state index in [9.17, 15) is 13.2 Å². The Morgan fingerprint density at radius 1 is 1.04 bits per heavy atom. The van der Waals surface area contributed by atoms with Gasteiger partial charge in [-0.05, 0) is 49.6 Å². The van der Waals surface area contributed by atoms with E-state index >= 15 is 0 Å². The first kappa shape index (κ1) is 15.2. The van der Waals surface area contributed by atoms with Crippen LogP contribution in [0.3, 0.4) is 0 Å². The van der Waals surface area contributed by atoms with Crippen molar-refractivity contribution >= 4 is 5.52 Å². The van der Waals surface area contributed by atoms with Gasteiger partial charge in [0, 0.05) is 18.0 Å². The molecule has 0 saturated carbocycles. The van der Waals surface area contributed by atoms with Crippen LogP contribution < -0.4 is 0 Å². The number of aryl methyl sites for hydroxylation is 2. The standard InChI is InChI=1S/C18H13F3N2/c1-12-8-17-16(22-13(2)11-23(17)10-12)7-6-14-4-3-5-15(9-14)18(19,20)21/h3-5,8-11H,1-2H3. The Labute approximate surface area is 131 Å². The first-order valence-electron chi connectivity index (χ1n) is 6.98.